The second kappa shape index (κ2) is 10.9. The van der Waals surface area contributed by atoms with Gasteiger partial charge < -0.3 is 9.73 Å². The molecule has 0 fully saturated rings. The summed E-state index contributed by atoms with van der Waals surface area (Å²) in [5.74, 6) is 1.32. The third-order valence-corrected chi connectivity index (χ3v) is 10.8. The summed E-state index contributed by atoms with van der Waals surface area (Å²) in [5.41, 5.74) is 3.07. The fourth-order valence-electron chi connectivity index (χ4n) is 4.91. The molecule has 0 aliphatic rings. The first-order valence-electron chi connectivity index (χ1n) is 12.8. The van der Waals surface area contributed by atoms with Crippen LogP contribution in [0.5, 0.6) is 0 Å². The van der Waals surface area contributed by atoms with E-state index in [1.54, 1.807) is 0 Å². The van der Waals surface area contributed by atoms with Crippen LogP contribution in [0.25, 0.3) is 11.5 Å². The van der Waals surface area contributed by atoms with Gasteiger partial charge in [-0.25, -0.2) is 0 Å². The predicted octanol–water partition coefficient (Wildman–Crippen LogP) is 6.57. The Morgan fingerprint density at radius 1 is 0.526 bits per heavy atom. The molecule has 4 heteroatoms. The van der Waals surface area contributed by atoms with Crippen molar-refractivity contribution >= 4 is 34.5 Å². The van der Waals surface area contributed by atoms with E-state index in [0.29, 0.717) is 18.3 Å². The minimum absolute atomic E-state index is 0.614. The third-order valence-electron chi connectivity index (χ3n) is 6.67. The maximum absolute atomic E-state index is 6.60. The molecular formula is C34H28N2OP+. The normalized spacial score (nSPS) is 11.3. The molecule has 5 aromatic carbocycles. The maximum Gasteiger partial charge on any atom is 0.261 e. The van der Waals surface area contributed by atoms with E-state index in [9.17, 15) is 0 Å². The Balaban J connectivity index is 1.64. The monoisotopic (exact) mass is 511 g/mol. The van der Waals surface area contributed by atoms with Crippen LogP contribution >= 0.6 is 7.26 Å². The number of anilines is 1. The summed E-state index contributed by atoms with van der Waals surface area (Å²) in [4.78, 5) is 5.31. The molecule has 0 amide bonds. The van der Waals surface area contributed by atoms with Crippen LogP contribution in [0.4, 0.5) is 5.88 Å². The van der Waals surface area contributed by atoms with Crippen molar-refractivity contribution in [3.63, 3.8) is 0 Å². The number of benzene rings is 5. The molecule has 1 aromatic heterocycles. The zero-order chi connectivity index (χ0) is 25.6. The lowest BCUT2D eigenvalue weighted by atomic mass is 10.2. The molecule has 1 N–H and O–H groups in total. The molecule has 0 spiro atoms. The highest BCUT2D eigenvalue weighted by molar-refractivity contribution is 8.01. The van der Waals surface area contributed by atoms with Crippen LogP contribution in [-0.4, -0.2) is 4.98 Å². The Labute approximate surface area is 224 Å². The van der Waals surface area contributed by atoms with Gasteiger partial charge in [-0.1, -0.05) is 103 Å². The van der Waals surface area contributed by atoms with Crippen molar-refractivity contribution in [2.24, 2.45) is 0 Å². The predicted molar refractivity (Wildman–Crippen MR) is 160 cm³/mol. The molecule has 1 heterocycles. The number of hydrogen-bond donors (Lipinski definition) is 1. The zero-order valence-electron chi connectivity index (χ0n) is 20.9. The van der Waals surface area contributed by atoms with E-state index in [-0.39, 0.29) is 0 Å². The first kappa shape index (κ1) is 23.9. The van der Waals surface area contributed by atoms with Crippen LogP contribution in [0.15, 0.2) is 156 Å². The van der Waals surface area contributed by atoms with Crippen molar-refractivity contribution < 1.29 is 4.42 Å². The molecule has 184 valence electrons. The standard InChI is InChI=1S/C34H28N2OP/c1-6-16-27(17-7-1)26-35-33-34(36-32(37-33)28-18-8-2-9-19-28)38(29-20-10-3-11-21-29,30-22-12-4-13-23-30)31-24-14-5-15-25-31/h1-25,35H,26H2/q+1. The average Bonchev–Trinajstić information content (AvgIpc) is 3.44. The summed E-state index contributed by atoms with van der Waals surface area (Å²) in [7, 11) is -2.43. The number of oxazole rings is 1. The quantitative estimate of drug-likeness (QED) is 0.235. The van der Waals surface area contributed by atoms with Crippen molar-refractivity contribution in [1.82, 2.24) is 4.98 Å². The fourth-order valence-corrected chi connectivity index (χ4v) is 9.06. The van der Waals surface area contributed by atoms with Gasteiger partial charge in [0.25, 0.3) is 11.3 Å². The fraction of sp³-hybridized carbons (Fsp3) is 0.0294. The van der Waals surface area contributed by atoms with Gasteiger partial charge in [0.15, 0.2) is 7.26 Å². The molecule has 0 aliphatic carbocycles. The number of hydrogen-bond acceptors (Lipinski definition) is 3. The number of nitrogens with one attached hydrogen (secondary N) is 1. The van der Waals surface area contributed by atoms with E-state index in [1.807, 2.05) is 36.4 Å². The molecule has 0 aliphatic heterocycles. The van der Waals surface area contributed by atoms with Crippen LogP contribution in [0.3, 0.4) is 0 Å². The molecule has 38 heavy (non-hydrogen) atoms. The first-order chi connectivity index (χ1) is 18.9. The van der Waals surface area contributed by atoms with Crippen molar-refractivity contribution in [3.05, 3.63) is 157 Å². The van der Waals surface area contributed by atoms with Crippen LogP contribution in [0, 0.1) is 0 Å². The van der Waals surface area contributed by atoms with Crippen LogP contribution in [0.2, 0.25) is 0 Å². The second-order valence-corrected chi connectivity index (χ2v) is 12.4. The molecule has 0 saturated carbocycles. The van der Waals surface area contributed by atoms with Crippen molar-refractivity contribution in [2.45, 2.75) is 6.54 Å². The van der Waals surface area contributed by atoms with Crippen molar-refractivity contribution in [1.29, 1.82) is 0 Å². The Bertz CT molecular complexity index is 1490. The Morgan fingerprint density at radius 2 is 0.947 bits per heavy atom. The van der Waals surface area contributed by atoms with Gasteiger partial charge in [0.2, 0.25) is 5.89 Å². The van der Waals surface area contributed by atoms with E-state index < -0.39 is 7.26 Å². The average molecular weight is 512 g/mol. The molecule has 0 bridgehead atoms. The highest BCUT2D eigenvalue weighted by Gasteiger charge is 2.53. The molecule has 0 saturated heterocycles. The van der Waals surface area contributed by atoms with Gasteiger partial charge in [0.1, 0.15) is 15.9 Å². The molecule has 0 unspecified atom stereocenters. The maximum atomic E-state index is 6.60. The summed E-state index contributed by atoms with van der Waals surface area (Å²) >= 11 is 0. The molecule has 3 nitrogen and oxygen atoms in total. The van der Waals surface area contributed by atoms with Gasteiger partial charge in [-0.2, -0.15) is 4.98 Å². The SMILES string of the molecule is c1ccc(CNc2oc(-c3ccccc3)nc2[P+](c2ccccc2)(c2ccccc2)c2ccccc2)cc1. The summed E-state index contributed by atoms with van der Waals surface area (Å²) in [5, 5.41) is 7.32. The van der Waals surface area contributed by atoms with Gasteiger partial charge in [0.05, 0.1) is 0 Å². The van der Waals surface area contributed by atoms with E-state index in [4.69, 9.17) is 9.40 Å². The molecule has 0 radical (unpaired) electrons. The topological polar surface area (TPSA) is 38.1 Å². The van der Waals surface area contributed by atoms with Gasteiger partial charge in [-0.3, -0.25) is 0 Å². The molecule has 6 aromatic rings. The van der Waals surface area contributed by atoms with Crippen LogP contribution in [-0.2, 0) is 6.54 Å². The van der Waals surface area contributed by atoms with Crippen LogP contribution in [0.1, 0.15) is 5.56 Å². The lowest BCUT2D eigenvalue weighted by Gasteiger charge is -2.25. The van der Waals surface area contributed by atoms with Crippen molar-refractivity contribution in [2.75, 3.05) is 5.32 Å². The van der Waals surface area contributed by atoms with Gasteiger partial charge >= 0.3 is 0 Å². The Kier molecular flexibility index (Phi) is 6.85. The number of rotatable bonds is 8. The van der Waals surface area contributed by atoms with Gasteiger partial charge in [-0.15, -0.1) is 0 Å². The minimum Gasteiger partial charge on any atom is -0.416 e. The van der Waals surface area contributed by atoms with E-state index in [0.717, 1.165) is 11.0 Å². The number of aromatic nitrogens is 1. The highest BCUT2D eigenvalue weighted by Crippen LogP contribution is 2.55. The number of nitrogens with zero attached hydrogens (tertiary/aromatic N) is 1. The smallest absolute Gasteiger partial charge is 0.261 e. The lowest BCUT2D eigenvalue weighted by molar-refractivity contribution is 0.586. The molecule has 0 atom stereocenters. The van der Waals surface area contributed by atoms with Gasteiger partial charge in [-0.05, 0) is 54.1 Å². The van der Waals surface area contributed by atoms with E-state index in [2.05, 4.69) is 121 Å². The summed E-state index contributed by atoms with van der Waals surface area (Å²) in [6.07, 6.45) is 0. The third kappa shape index (κ3) is 4.53. The van der Waals surface area contributed by atoms with Crippen LogP contribution < -0.4 is 26.7 Å². The van der Waals surface area contributed by atoms with E-state index >= 15 is 0 Å². The largest absolute Gasteiger partial charge is 0.416 e. The Hall–Kier alpha value is -4.46. The lowest BCUT2D eigenvalue weighted by Crippen LogP contribution is -2.40. The summed E-state index contributed by atoms with van der Waals surface area (Å²) in [6, 6.07) is 52.8. The summed E-state index contributed by atoms with van der Waals surface area (Å²) < 4.78 is 6.60. The van der Waals surface area contributed by atoms with Crippen molar-refractivity contribution in [3.8, 4) is 11.5 Å². The Morgan fingerprint density at radius 3 is 1.42 bits per heavy atom. The van der Waals surface area contributed by atoms with Gasteiger partial charge in [0, 0.05) is 12.1 Å². The van der Waals surface area contributed by atoms with E-state index in [1.165, 1.54) is 21.5 Å². The second-order valence-electron chi connectivity index (χ2n) is 9.05. The highest BCUT2D eigenvalue weighted by atomic mass is 31.2. The summed E-state index contributed by atoms with van der Waals surface area (Å²) in [6.45, 7) is 0.635. The zero-order valence-corrected chi connectivity index (χ0v) is 21.8. The molecule has 6 rings (SSSR count). The molecular weight excluding hydrogens is 483 g/mol. The minimum atomic E-state index is -2.43. The first-order valence-corrected chi connectivity index (χ1v) is 14.5.